The van der Waals surface area contributed by atoms with E-state index in [4.69, 9.17) is 5.11 Å². The normalized spacial score (nSPS) is 20.7. The van der Waals surface area contributed by atoms with Gasteiger partial charge in [-0.05, 0) is 57.3 Å². The van der Waals surface area contributed by atoms with Crippen molar-refractivity contribution in [1.29, 1.82) is 0 Å². The number of carbonyl (C=O) groups is 1. The molecule has 0 unspecified atom stereocenters. The second-order valence-corrected chi connectivity index (χ2v) is 5.82. The minimum absolute atomic E-state index is 0.368. The lowest BCUT2D eigenvalue weighted by atomic mass is 10.2. The molecule has 2 rings (SSSR count). The molecule has 1 aromatic heterocycles. The second-order valence-electron chi connectivity index (χ2n) is 4.05. The van der Waals surface area contributed by atoms with Crippen LogP contribution in [0, 0.1) is 0 Å². The molecule has 1 N–H and O–H groups in total. The van der Waals surface area contributed by atoms with Gasteiger partial charge in [-0.15, -0.1) is 0 Å². The Hall–Kier alpha value is -0.460. The van der Waals surface area contributed by atoms with Crippen LogP contribution in [0.25, 0.3) is 0 Å². The van der Waals surface area contributed by atoms with E-state index in [-0.39, 0.29) is 6.04 Å². The van der Waals surface area contributed by atoms with Crippen LogP contribution in [0.5, 0.6) is 0 Å². The SMILES string of the molecule is O=C(O)[C@H]1CCCN1Cc1ncc(Br)cc1Br. The van der Waals surface area contributed by atoms with Gasteiger partial charge in [-0.1, -0.05) is 0 Å². The molecule has 0 aliphatic carbocycles. The molecule has 0 saturated carbocycles. The monoisotopic (exact) mass is 362 g/mol. The van der Waals surface area contributed by atoms with Gasteiger partial charge >= 0.3 is 5.97 Å². The molecule has 92 valence electrons. The lowest BCUT2D eigenvalue weighted by Crippen LogP contribution is -2.35. The molecule has 17 heavy (non-hydrogen) atoms. The molecule has 6 heteroatoms. The first-order valence-electron chi connectivity index (χ1n) is 5.34. The molecule has 4 nitrogen and oxygen atoms in total. The van der Waals surface area contributed by atoms with Crippen molar-refractivity contribution in [2.45, 2.75) is 25.4 Å². The predicted molar refractivity (Wildman–Crippen MR) is 70.7 cm³/mol. The van der Waals surface area contributed by atoms with Crippen LogP contribution in [0.1, 0.15) is 18.5 Å². The lowest BCUT2D eigenvalue weighted by molar-refractivity contribution is -0.142. The summed E-state index contributed by atoms with van der Waals surface area (Å²) in [4.78, 5) is 17.3. The van der Waals surface area contributed by atoms with Crippen molar-refractivity contribution in [2.24, 2.45) is 0 Å². The van der Waals surface area contributed by atoms with E-state index in [0.29, 0.717) is 6.54 Å². The molecule has 0 spiro atoms. The molecule has 0 amide bonds. The molecule has 0 aromatic carbocycles. The summed E-state index contributed by atoms with van der Waals surface area (Å²) in [5, 5.41) is 9.09. The third-order valence-electron chi connectivity index (χ3n) is 2.89. The molecule has 0 bridgehead atoms. The van der Waals surface area contributed by atoms with E-state index in [1.165, 1.54) is 0 Å². The highest BCUT2D eigenvalue weighted by Crippen LogP contribution is 2.24. The summed E-state index contributed by atoms with van der Waals surface area (Å²) in [5.41, 5.74) is 0.876. The van der Waals surface area contributed by atoms with Crippen molar-refractivity contribution in [3.05, 3.63) is 26.9 Å². The average molecular weight is 364 g/mol. The average Bonchev–Trinajstić information content (AvgIpc) is 2.70. The number of rotatable bonds is 3. The first kappa shape index (κ1) is 13.0. The third-order valence-corrected chi connectivity index (χ3v) is 4.01. The summed E-state index contributed by atoms with van der Waals surface area (Å²) in [6.07, 6.45) is 3.39. The van der Waals surface area contributed by atoms with Crippen molar-refractivity contribution >= 4 is 37.8 Å². The first-order chi connectivity index (χ1) is 8.08. The third kappa shape index (κ3) is 3.05. The minimum Gasteiger partial charge on any atom is -0.480 e. The smallest absolute Gasteiger partial charge is 0.320 e. The van der Waals surface area contributed by atoms with E-state index in [2.05, 4.69) is 36.8 Å². The summed E-state index contributed by atoms with van der Waals surface area (Å²) in [6, 6.07) is 1.56. The van der Waals surface area contributed by atoms with Crippen LogP contribution in [0.3, 0.4) is 0 Å². The van der Waals surface area contributed by atoms with Crippen molar-refractivity contribution in [2.75, 3.05) is 6.54 Å². The molecular formula is C11H12Br2N2O2. The summed E-state index contributed by atoms with van der Waals surface area (Å²) in [6.45, 7) is 1.39. The topological polar surface area (TPSA) is 53.4 Å². The van der Waals surface area contributed by atoms with Crippen molar-refractivity contribution in [1.82, 2.24) is 9.88 Å². The van der Waals surface area contributed by atoms with Crippen LogP contribution in [0.15, 0.2) is 21.2 Å². The van der Waals surface area contributed by atoms with Crippen molar-refractivity contribution in [3.8, 4) is 0 Å². The van der Waals surface area contributed by atoms with Crippen molar-refractivity contribution in [3.63, 3.8) is 0 Å². The van der Waals surface area contributed by atoms with Crippen LogP contribution in [-0.4, -0.2) is 33.5 Å². The maximum atomic E-state index is 11.1. The Morgan fingerprint density at radius 1 is 1.59 bits per heavy atom. The maximum Gasteiger partial charge on any atom is 0.320 e. The highest BCUT2D eigenvalue weighted by molar-refractivity contribution is 9.11. The zero-order valence-corrected chi connectivity index (χ0v) is 12.2. The number of halogens is 2. The Labute approximate surface area is 116 Å². The summed E-state index contributed by atoms with van der Waals surface area (Å²) in [5.74, 6) is -0.740. The van der Waals surface area contributed by atoms with Gasteiger partial charge in [0, 0.05) is 21.7 Å². The Morgan fingerprint density at radius 3 is 3.00 bits per heavy atom. The zero-order valence-electron chi connectivity index (χ0n) is 9.07. The Kier molecular flexibility index (Phi) is 4.17. The number of aliphatic carboxylic acids is 1. The Balaban J connectivity index is 2.12. The molecule has 1 aliphatic rings. The number of hydrogen-bond donors (Lipinski definition) is 1. The second kappa shape index (κ2) is 5.46. The summed E-state index contributed by atoms with van der Waals surface area (Å²) in [7, 11) is 0. The number of carboxylic acid groups (broad SMARTS) is 1. The van der Waals surface area contributed by atoms with Gasteiger partial charge in [0.2, 0.25) is 0 Å². The van der Waals surface area contributed by atoms with Crippen molar-refractivity contribution < 1.29 is 9.90 Å². The van der Waals surface area contributed by atoms with Crippen LogP contribution in [-0.2, 0) is 11.3 Å². The van der Waals surface area contributed by atoms with Gasteiger partial charge in [0.1, 0.15) is 6.04 Å². The van der Waals surface area contributed by atoms with Gasteiger partial charge in [0.05, 0.1) is 5.69 Å². The van der Waals surface area contributed by atoms with E-state index >= 15 is 0 Å². The number of nitrogens with zero attached hydrogens (tertiary/aromatic N) is 2. The number of carboxylic acids is 1. The molecule has 1 aromatic rings. The lowest BCUT2D eigenvalue weighted by Gasteiger charge is -2.20. The molecule has 1 saturated heterocycles. The molecule has 1 atom stereocenters. The molecule has 1 aliphatic heterocycles. The maximum absolute atomic E-state index is 11.1. The summed E-state index contributed by atoms with van der Waals surface area (Å²) >= 11 is 6.79. The molecule has 2 heterocycles. The fourth-order valence-corrected chi connectivity index (χ4v) is 3.16. The standard InChI is InChI=1S/C11H12Br2N2O2/c12-7-4-8(13)9(14-5-7)6-15-3-1-2-10(15)11(16)17/h4-5,10H,1-3,6H2,(H,16,17)/t10-/m1/s1. The van der Waals surface area contributed by atoms with Gasteiger partial charge in [0.15, 0.2) is 0 Å². The molecular weight excluding hydrogens is 352 g/mol. The van der Waals surface area contributed by atoms with Crippen LogP contribution < -0.4 is 0 Å². The molecule has 1 fully saturated rings. The first-order valence-corrected chi connectivity index (χ1v) is 6.93. The minimum atomic E-state index is -0.740. The van der Waals surface area contributed by atoms with Crippen LogP contribution in [0.4, 0.5) is 0 Å². The molecule has 0 radical (unpaired) electrons. The fraction of sp³-hybridized carbons (Fsp3) is 0.455. The van der Waals surface area contributed by atoms with Crippen LogP contribution in [0.2, 0.25) is 0 Å². The van der Waals surface area contributed by atoms with Gasteiger partial charge in [-0.2, -0.15) is 0 Å². The quantitative estimate of drug-likeness (QED) is 0.896. The van der Waals surface area contributed by atoms with E-state index < -0.39 is 5.97 Å². The van der Waals surface area contributed by atoms with Gasteiger partial charge in [0.25, 0.3) is 0 Å². The van der Waals surface area contributed by atoms with Gasteiger partial charge in [-0.25, -0.2) is 0 Å². The van der Waals surface area contributed by atoms with E-state index in [1.54, 1.807) is 6.20 Å². The van der Waals surface area contributed by atoms with E-state index in [0.717, 1.165) is 34.0 Å². The fourth-order valence-electron chi connectivity index (χ4n) is 2.05. The van der Waals surface area contributed by atoms with Gasteiger partial charge in [-0.3, -0.25) is 14.7 Å². The van der Waals surface area contributed by atoms with E-state index in [9.17, 15) is 4.79 Å². The Bertz CT molecular complexity index is 439. The van der Waals surface area contributed by atoms with Gasteiger partial charge < -0.3 is 5.11 Å². The number of hydrogen-bond acceptors (Lipinski definition) is 3. The predicted octanol–water partition coefficient (Wildman–Crippen LogP) is 2.66. The largest absolute Gasteiger partial charge is 0.480 e. The number of likely N-dealkylation sites (tertiary alicyclic amines) is 1. The zero-order chi connectivity index (χ0) is 12.4. The highest BCUT2D eigenvalue weighted by Gasteiger charge is 2.30. The summed E-state index contributed by atoms with van der Waals surface area (Å²) < 4.78 is 1.81. The Morgan fingerprint density at radius 2 is 2.35 bits per heavy atom. The number of pyridine rings is 1. The van der Waals surface area contributed by atoms with E-state index in [1.807, 2.05) is 11.0 Å². The highest BCUT2D eigenvalue weighted by atomic mass is 79.9. The number of aromatic nitrogens is 1. The van der Waals surface area contributed by atoms with Crippen LogP contribution >= 0.6 is 31.9 Å².